The molecule has 1 aliphatic rings. The summed E-state index contributed by atoms with van der Waals surface area (Å²) in [7, 11) is -3.79. The van der Waals surface area contributed by atoms with E-state index in [0.29, 0.717) is 5.92 Å². The highest BCUT2D eigenvalue weighted by Crippen LogP contribution is 2.32. The smallest absolute Gasteiger partial charge is 0.371 e. The van der Waals surface area contributed by atoms with E-state index in [1.807, 2.05) is 6.92 Å². The summed E-state index contributed by atoms with van der Waals surface area (Å²) < 4.78 is 31.6. The molecule has 0 amide bonds. The molecule has 0 saturated heterocycles. The lowest BCUT2D eigenvalue weighted by atomic mass is 9.98. The molecule has 1 aromatic rings. The monoisotopic (exact) mass is 287 g/mol. The van der Waals surface area contributed by atoms with Crippen LogP contribution in [-0.4, -0.2) is 25.5 Å². The first kappa shape index (κ1) is 14.1. The maximum Gasteiger partial charge on any atom is 0.371 e. The third kappa shape index (κ3) is 2.82. The van der Waals surface area contributed by atoms with Crippen molar-refractivity contribution in [1.82, 2.24) is 4.72 Å². The summed E-state index contributed by atoms with van der Waals surface area (Å²) in [6.07, 6.45) is 1.76. The van der Waals surface area contributed by atoms with Gasteiger partial charge in [-0.1, -0.05) is 13.8 Å². The SMILES string of the molecule is CC1CCC(NS(=O)(=O)c2ccc(C(=O)O)o2)C1C. The Morgan fingerprint density at radius 2 is 2.05 bits per heavy atom. The number of hydrogen-bond donors (Lipinski definition) is 2. The zero-order valence-corrected chi connectivity index (χ0v) is 11.6. The summed E-state index contributed by atoms with van der Waals surface area (Å²) >= 11 is 0. The fourth-order valence-corrected chi connectivity index (χ4v) is 3.66. The summed E-state index contributed by atoms with van der Waals surface area (Å²) in [5, 5.41) is 8.37. The number of hydrogen-bond acceptors (Lipinski definition) is 4. The molecule has 0 aromatic carbocycles. The van der Waals surface area contributed by atoms with Gasteiger partial charge in [0, 0.05) is 6.04 Å². The van der Waals surface area contributed by atoms with Crippen LogP contribution in [0.25, 0.3) is 0 Å². The Hall–Kier alpha value is -1.34. The molecule has 0 radical (unpaired) electrons. The van der Waals surface area contributed by atoms with Gasteiger partial charge in [0.05, 0.1) is 0 Å². The fraction of sp³-hybridized carbons (Fsp3) is 0.583. The van der Waals surface area contributed by atoms with E-state index in [1.54, 1.807) is 0 Å². The van der Waals surface area contributed by atoms with E-state index < -0.39 is 16.0 Å². The Morgan fingerprint density at radius 1 is 1.37 bits per heavy atom. The Morgan fingerprint density at radius 3 is 2.53 bits per heavy atom. The summed E-state index contributed by atoms with van der Waals surface area (Å²) in [6.45, 7) is 4.10. The number of carboxylic acid groups (broad SMARTS) is 1. The van der Waals surface area contributed by atoms with Crippen LogP contribution in [0.1, 0.15) is 37.2 Å². The highest BCUT2D eigenvalue weighted by molar-refractivity contribution is 7.89. The van der Waals surface area contributed by atoms with Crippen molar-refractivity contribution in [1.29, 1.82) is 0 Å². The zero-order chi connectivity index (χ0) is 14.2. The van der Waals surface area contributed by atoms with E-state index in [-0.39, 0.29) is 22.8 Å². The quantitative estimate of drug-likeness (QED) is 0.878. The van der Waals surface area contributed by atoms with Gasteiger partial charge in [-0.15, -0.1) is 0 Å². The molecular weight excluding hydrogens is 270 g/mol. The van der Waals surface area contributed by atoms with Crippen molar-refractivity contribution < 1.29 is 22.7 Å². The third-order valence-corrected chi connectivity index (χ3v) is 5.19. The average molecular weight is 287 g/mol. The van der Waals surface area contributed by atoms with Crippen LogP contribution in [0.2, 0.25) is 0 Å². The molecule has 1 aliphatic carbocycles. The molecule has 0 bridgehead atoms. The topological polar surface area (TPSA) is 96.6 Å². The second kappa shape index (κ2) is 4.97. The van der Waals surface area contributed by atoms with Crippen LogP contribution in [0.4, 0.5) is 0 Å². The van der Waals surface area contributed by atoms with Crippen LogP contribution in [-0.2, 0) is 10.0 Å². The molecule has 0 spiro atoms. The first-order valence-corrected chi connectivity index (χ1v) is 7.65. The van der Waals surface area contributed by atoms with E-state index in [2.05, 4.69) is 11.6 Å². The van der Waals surface area contributed by atoms with Crippen molar-refractivity contribution in [3.63, 3.8) is 0 Å². The zero-order valence-electron chi connectivity index (χ0n) is 10.8. The molecule has 1 heterocycles. The molecule has 1 fully saturated rings. The minimum absolute atomic E-state index is 0.127. The minimum Gasteiger partial charge on any atom is -0.475 e. The molecule has 0 aliphatic heterocycles. The molecule has 6 nitrogen and oxygen atoms in total. The highest BCUT2D eigenvalue weighted by Gasteiger charge is 2.34. The lowest BCUT2D eigenvalue weighted by molar-refractivity contribution is 0.0656. The van der Waals surface area contributed by atoms with Gasteiger partial charge in [0.1, 0.15) is 0 Å². The lowest BCUT2D eigenvalue weighted by Gasteiger charge is -2.18. The van der Waals surface area contributed by atoms with Crippen LogP contribution < -0.4 is 4.72 Å². The molecule has 106 valence electrons. The molecule has 2 N–H and O–H groups in total. The van der Waals surface area contributed by atoms with Gasteiger partial charge in [-0.25, -0.2) is 17.9 Å². The van der Waals surface area contributed by atoms with Crippen molar-refractivity contribution in [2.24, 2.45) is 11.8 Å². The van der Waals surface area contributed by atoms with Crippen LogP contribution in [0.15, 0.2) is 21.6 Å². The van der Waals surface area contributed by atoms with Crippen molar-refractivity contribution in [3.8, 4) is 0 Å². The number of carboxylic acids is 1. The Bertz CT molecular complexity index is 577. The van der Waals surface area contributed by atoms with Crippen LogP contribution in [0, 0.1) is 11.8 Å². The Labute approximate surface area is 111 Å². The Balaban J connectivity index is 2.16. The van der Waals surface area contributed by atoms with Crippen LogP contribution in [0.5, 0.6) is 0 Å². The predicted molar refractivity (Wildman–Crippen MR) is 67.3 cm³/mol. The lowest BCUT2D eigenvalue weighted by Crippen LogP contribution is -2.37. The number of furan rings is 1. The number of rotatable bonds is 4. The fourth-order valence-electron chi connectivity index (χ4n) is 2.37. The van der Waals surface area contributed by atoms with E-state index in [4.69, 9.17) is 9.52 Å². The van der Waals surface area contributed by atoms with E-state index >= 15 is 0 Å². The third-order valence-electron chi connectivity index (χ3n) is 3.83. The standard InChI is InChI=1S/C12H17NO5S/c1-7-3-4-9(8(7)2)13-19(16,17)11-6-5-10(18-11)12(14)15/h5-9,13H,3-4H2,1-2H3,(H,14,15). The van der Waals surface area contributed by atoms with E-state index in [1.165, 1.54) is 0 Å². The molecule has 7 heteroatoms. The summed E-state index contributed by atoms with van der Waals surface area (Å²) in [5.74, 6) is -0.944. The molecule has 2 rings (SSSR count). The van der Waals surface area contributed by atoms with E-state index in [0.717, 1.165) is 25.0 Å². The van der Waals surface area contributed by atoms with Gasteiger partial charge in [0.25, 0.3) is 10.0 Å². The van der Waals surface area contributed by atoms with Crippen molar-refractivity contribution in [2.45, 2.75) is 37.8 Å². The van der Waals surface area contributed by atoms with Gasteiger partial charge in [0.15, 0.2) is 0 Å². The first-order chi connectivity index (χ1) is 8.81. The summed E-state index contributed by atoms with van der Waals surface area (Å²) in [6, 6.07) is 2.17. The van der Waals surface area contributed by atoms with Crippen LogP contribution in [0.3, 0.4) is 0 Å². The number of nitrogens with one attached hydrogen (secondary N) is 1. The maximum atomic E-state index is 12.1. The predicted octanol–water partition coefficient (Wildman–Crippen LogP) is 1.69. The largest absolute Gasteiger partial charge is 0.475 e. The number of carbonyl (C=O) groups is 1. The van der Waals surface area contributed by atoms with Crippen molar-refractivity contribution in [3.05, 3.63) is 17.9 Å². The molecule has 19 heavy (non-hydrogen) atoms. The normalized spacial score (nSPS) is 27.6. The van der Waals surface area contributed by atoms with Crippen molar-refractivity contribution >= 4 is 16.0 Å². The van der Waals surface area contributed by atoms with E-state index in [9.17, 15) is 13.2 Å². The molecule has 3 unspecified atom stereocenters. The average Bonchev–Trinajstić information content (AvgIpc) is 2.92. The van der Waals surface area contributed by atoms with Gasteiger partial charge in [-0.3, -0.25) is 0 Å². The molecule has 1 aromatic heterocycles. The maximum absolute atomic E-state index is 12.1. The number of aromatic carboxylic acids is 1. The molecular formula is C12H17NO5S. The van der Waals surface area contributed by atoms with Crippen molar-refractivity contribution in [2.75, 3.05) is 0 Å². The number of sulfonamides is 1. The summed E-state index contributed by atoms with van der Waals surface area (Å²) in [4.78, 5) is 10.7. The van der Waals surface area contributed by atoms with Gasteiger partial charge < -0.3 is 9.52 Å². The van der Waals surface area contributed by atoms with Gasteiger partial charge in [-0.05, 0) is 36.8 Å². The molecule has 1 saturated carbocycles. The highest BCUT2D eigenvalue weighted by atomic mass is 32.2. The molecule has 3 atom stereocenters. The van der Waals surface area contributed by atoms with Crippen LogP contribution >= 0.6 is 0 Å². The summed E-state index contributed by atoms with van der Waals surface area (Å²) in [5.41, 5.74) is 0. The van der Waals surface area contributed by atoms with Gasteiger partial charge >= 0.3 is 5.97 Å². The van der Waals surface area contributed by atoms with Gasteiger partial charge in [0.2, 0.25) is 10.9 Å². The minimum atomic E-state index is -3.79. The first-order valence-electron chi connectivity index (χ1n) is 6.16. The second-order valence-corrected chi connectivity index (χ2v) is 6.71. The Kier molecular flexibility index (Phi) is 3.69. The van der Waals surface area contributed by atoms with Gasteiger partial charge in [-0.2, -0.15) is 0 Å². The second-order valence-electron chi connectivity index (χ2n) is 5.07.